The summed E-state index contributed by atoms with van der Waals surface area (Å²) in [5.41, 5.74) is 0.972. The van der Waals surface area contributed by atoms with Crippen molar-refractivity contribution < 1.29 is 33.7 Å². The molecular formula is C22H26N2O7. The maximum absolute atomic E-state index is 12.7. The molecule has 31 heavy (non-hydrogen) atoms. The van der Waals surface area contributed by atoms with Crippen molar-refractivity contribution in [3.05, 3.63) is 59.7 Å². The number of carbonyl (C=O) groups excluding carboxylic acids is 2. The number of ether oxygens (including phenoxy) is 3. The second-order valence-corrected chi connectivity index (χ2v) is 6.53. The van der Waals surface area contributed by atoms with E-state index in [1.165, 1.54) is 14.2 Å². The number of carboxylic acids is 1. The number of carboxylic acid groups (broad SMARTS) is 1. The number of hydrogen-bond donors (Lipinski definition) is 3. The van der Waals surface area contributed by atoms with Gasteiger partial charge in [0.2, 0.25) is 0 Å². The number of carbonyl (C=O) groups is 3. The molecule has 3 N–H and O–H groups in total. The Kier molecular flexibility index (Phi) is 9.15. The van der Waals surface area contributed by atoms with E-state index in [1.54, 1.807) is 18.2 Å². The summed E-state index contributed by atoms with van der Waals surface area (Å²) < 4.78 is 15.5. The normalized spacial score (nSPS) is 11.2. The van der Waals surface area contributed by atoms with Crippen LogP contribution in [0.1, 0.15) is 28.8 Å². The highest BCUT2D eigenvalue weighted by Gasteiger charge is 2.24. The first kappa shape index (κ1) is 23.5. The van der Waals surface area contributed by atoms with Crippen LogP contribution in [-0.4, -0.2) is 49.9 Å². The zero-order valence-electron chi connectivity index (χ0n) is 17.4. The predicted molar refractivity (Wildman–Crippen MR) is 112 cm³/mol. The van der Waals surface area contributed by atoms with E-state index in [9.17, 15) is 19.5 Å². The average Bonchev–Trinajstić information content (AvgIpc) is 2.79. The van der Waals surface area contributed by atoms with E-state index in [2.05, 4.69) is 10.6 Å². The van der Waals surface area contributed by atoms with Crippen molar-refractivity contribution in [3.8, 4) is 11.5 Å². The van der Waals surface area contributed by atoms with Crippen LogP contribution < -0.4 is 20.1 Å². The van der Waals surface area contributed by atoms with Gasteiger partial charge < -0.3 is 30.0 Å². The Hall–Kier alpha value is -3.75. The molecule has 9 nitrogen and oxygen atoms in total. The molecule has 2 rings (SSSR count). The molecule has 166 valence electrons. The SMILES string of the molecule is COc1cccc(OC)c1C(=O)N[C@@H](CCCNC(=O)OCc1ccccc1)C(=O)O. The molecule has 0 heterocycles. The second kappa shape index (κ2) is 12.1. The van der Waals surface area contributed by atoms with Gasteiger partial charge in [-0.15, -0.1) is 0 Å². The standard InChI is InChI=1S/C22H26N2O7/c1-29-17-11-6-12-18(30-2)19(17)20(25)24-16(21(26)27)10-7-13-23-22(28)31-14-15-8-4-3-5-9-15/h3-6,8-9,11-12,16H,7,10,13-14H2,1-2H3,(H,23,28)(H,24,25)(H,26,27)/t16-/m0/s1. The van der Waals surface area contributed by atoms with E-state index < -0.39 is 24.0 Å². The fraction of sp³-hybridized carbons (Fsp3) is 0.318. The van der Waals surface area contributed by atoms with Gasteiger partial charge in [-0.25, -0.2) is 9.59 Å². The molecule has 0 radical (unpaired) electrons. The quantitative estimate of drug-likeness (QED) is 0.468. The lowest BCUT2D eigenvalue weighted by Crippen LogP contribution is -2.41. The van der Waals surface area contributed by atoms with Crippen LogP contribution in [0.5, 0.6) is 11.5 Å². The molecule has 0 saturated carbocycles. The zero-order valence-corrected chi connectivity index (χ0v) is 17.4. The minimum Gasteiger partial charge on any atom is -0.496 e. The summed E-state index contributed by atoms with van der Waals surface area (Å²) in [6.07, 6.45) is -0.170. The Morgan fingerprint density at radius 1 is 0.968 bits per heavy atom. The van der Waals surface area contributed by atoms with Crippen molar-refractivity contribution >= 4 is 18.0 Å². The van der Waals surface area contributed by atoms with E-state index in [0.717, 1.165) is 5.56 Å². The third-order valence-corrected chi connectivity index (χ3v) is 4.41. The van der Waals surface area contributed by atoms with Crippen LogP contribution in [0, 0.1) is 0 Å². The summed E-state index contributed by atoms with van der Waals surface area (Å²) in [5.74, 6) is -1.28. The number of amides is 2. The molecule has 1 atom stereocenters. The molecule has 0 fully saturated rings. The largest absolute Gasteiger partial charge is 0.496 e. The molecule has 0 saturated heterocycles. The van der Waals surface area contributed by atoms with Gasteiger partial charge in [-0.1, -0.05) is 36.4 Å². The molecular weight excluding hydrogens is 404 g/mol. The fourth-order valence-electron chi connectivity index (χ4n) is 2.83. The van der Waals surface area contributed by atoms with Gasteiger partial charge in [0.15, 0.2) is 0 Å². The summed E-state index contributed by atoms with van der Waals surface area (Å²) in [5, 5.41) is 14.5. The molecule has 0 bridgehead atoms. The topological polar surface area (TPSA) is 123 Å². The van der Waals surface area contributed by atoms with Crippen LogP contribution >= 0.6 is 0 Å². The molecule has 0 aliphatic carbocycles. The zero-order chi connectivity index (χ0) is 22.6. The highest BCUT2D eigenvalue weighted by Crippen LogP contribution is 2.28. The van der Waals surface area contributed by atoms with Crippen molar-refractivity contribution in [2.45, 2.75) is 25.5 Å². The second-order valence-electron chi connectivity index (χ2n) is 6.53. The highest BCUT2D eigenvalue weighted by atomic mass is 16.5. The first-order valence-electron chi connectivity index (χ1n) is 9.65. The Balaban J connectivity index is 1.83. The smallest absolute Gasteiger partial charge is 0.407 e. The molecule has 2 aromatic rings. The fourth-order valence-corrected chi connectivity index (χ4v) is 2.83. The van der Waals surface area contributed by atoms with Crippen molar-refractivity contribution in [3.63, 3.8) is 0 Å². The van der Waals surface area contributed by atoms with Crippen molar-refractivity contribution in [2.24, 2.45) is 0 Å². The third kappa shape index (κ3) is 7.22. The van der Waals surface area contributed by atoms with Crippen LogP contribution in [0.3, 0.4) is 0 Å². The Labute approximate surface area is 180 Å². The summed E-state index contributed by atoms with van der Waals surface area (Å²) in [6.45, 7) is 0.340. The van der Waals surface area contributed by atoms with Gasteiger partial charge >= 0.3 is 12.1 Å². The van der Waals surface area contributed by atoms with E-state index in [1.807, 2.05) is 30.3 Å². The van der Waals surface area contributed by atoms with E-state index >= 15 is 0 Å². The van der Waals surface area contributed by atoms with Gasteiger partial charge in [0.25, 0.3) is 5.91 Å². The maximum Gasteiger partial charge on any atom is 0.407 e. The minimum absolute atomic E-state index is 0.109. The summed E-state index contributed by atoms with van der Waals surface area (Å²) in [7, 11) is 2.81. The minimum atomic E-state index is -1.19. The Morgan fingerprint density at radius 2 is 1.61 bits per heavy atom. The molecule has 0 aliphatic rings. The Morgan fingerprint density at radius 3 is 2.19 bits per heavy atom. The van der Waals surface area contributed by atoms with E-state index in [-0.39, 0.29) is 36.6 Å². The van der Waals surface area contributed by atoms with Gasteiger partial charge in [0.1, 0.15) is 29.7 Å². The molecule has 9 heteroatoms. The van der Waals surface area contributed by atoms with Gasteiger partial charge in [-0.2, -0.15) is 0 Å². The number of alkyl carbamates (subject to hydrolysis) is 1. The van der Waals surface area contributed by atoms with Crippen molar-refractivity contribution in [1.82, 2.24) is 10.6 Å². The van der Waals surface area contributed by atoms with Crippen molar-refractivity contribution in [2.75, 3.05) is 20.8 Å². The number of rotatable bonds is 11. The average molecular weight is 430 g/mol. The molecule has 0 aliphatic heterocycles. The van der Waals surface area contributed by atoms with Gasteiger partial charge in [0.05, 0.1) is 14.2 Å². The van der Waals surface area contributed by atoms with Crippen LogP contribution in [0.15, 0.2) is 48.5 Å². The molecule has 0 spiro atoms. The Bertz CT molecular complexity index is 864. The van der Waals surface area contributed by atoms with Crippen LogP contribution in [0.4, 0.5) is 4.79 Å². The highest BCUT2D eigenvalue weighted by molar-refractivity contribution is 6.01. The third-order valence-electron chi connectivity index (χ3n) is 4.41. The van der Waals surface area contributed by atoms with Crippen LogP contribution in [-0.2, 0) is 16.1 Å². The van der Waals surface area contributed by atoms with Gasteiger partial charge in [-0.3, -0.25) is 4.79 Å². The van der Waals surface area contributed by atoms with Gasteiger partial charge in [-0.05, 0) is 30.5 Å². The van der Waals surface area contributed by atoms with Crippen molar-refractivity contribution in [1.29, 1.82) is 0 Å². The first-order chi connectivity index (χ1) is 15.0. The number of hydrogen-bond acceptors (Lipinski definition) is 6. The molecule has 0 unspecified atom stereocenters. The number of aliphatic carboxylic acids is 1. The molecule has 2 amide bonds. The van der Waals surface area contributed by atoms with Crippen LogP contribution in [0.25, 0.3) is 0 Å². The molecule has 2 aromatic carbocycles. The number of benzene rings is 2. The summed E-state index contributed by atoms with van der Waals surface area (Å²) >= 11 is 0. The lowest BCUT2D eigenvalue weighted by molar-refractivity contribution is -0.139. The first-order valence-corrected chi connectivity index (χ1v) is 9.65. The number of nitrogens with one attached hydrogen (secondary N) is 2. The monoisotopic (exact) mass is 430 g/mol. The molecule has 0 aromatic heterocycles. The lowest BCUT2D eigenvalue weighted by atomic mass is 10.1. The predicted octanol–water partition coefficient (Wildman–Crippen LogP) is 2.59. The summed E-state index contributed by atoms with van der Waals surface area (Å²) in [4.78, 5) is 36.0. The number of methoxy groups -OCH3 is 2. The van der Waals surface area contributed by atoms with E-state index in [4.69, 9.17) is 14.2 Å². The van der Waals surface area contributed by atoms with E-state index in [0.29, 0.717) is 6.42 Å². The van der Waals surface area contributed by atoms with Crippen LogP contribution in [0.2, 0.25) is 0 Å². The lowest BCUT2D eigenvalue weighted by Gasteiger charge is -2.17. The summed E-state index contributed by atoms with van der Waals surface area (Å²) in [6, 6.07) is 12.9. The van der Waals surface area contributed by atoms with Gasteiger partial charge in [0, 0.05) is 6.54 Å². The maximum atomic E-state index is 12.7.